The van der Waals surface area contributed by atoms with Crippen molar-refractivity contribution in [1.82, 2.24) is 0 Å². The quantitative estimate of drug-likeness (QED) is 0.331. The molecule has 0 saturated heterocycles. The molecule has 0 heterocycles. The van der Waals surface area contributed by atoms with Gasteiger partial charge in [0, 0.05) is 25.5 Å². The molecule has 0 aliphatic rings. The Bertz CT molecular complexity index is 345. The molecule has 0 aromatic heterocycles. The van der Waals surface area contributed by atoms with Crippen molar-refractivity contribution in [2.75, 3.05) is 26.5 Å². The average molecular weight is 223 g/mol. The number of amidine groups is 1. The zero-order valence-electron chi connectivity index (χ0n) is 9.51. The largest absolute Gasteiger partial charge is 0.399 e. The Balaban J connectivity index is 2.66. The van der Waals surface area contributed by atoms with Crippen LogP contribution in [0.25, 0.3) is 0 Å². The molecule has 0 bridgehead atoms. The minimum Gasteiger partial charge on any atom is -0.399 e. The van der Waals surface area contributed by atoms with E-state index in [0.29, 0.717) is 18.1 Å². The Labute approximate surface area is 95.1 Å². The molecule has 0 aliphatic heterocycles. The van der Waals surface area contributed by atoms with Crippen LogP contribution in [0.2, 0.25) is 0 Å². The normalized spacial score (nSPS) is 12.1. The summed E-state index contributed by atoms with van der Waals surface area (Å²) < 4.78 is 10.00. The lowest BCUT2D eigenvalue weighted by molar-refractivity contribution is -0.0936. The van der Waals surface area contributed by atoms with Gasteiger partial charge in [0.25, 0.3) is 0 Å². The van der Waals surface area contributed by atoms with Gasteiger partial charge in [-0.2, -0.15) is 0 Å². The molecule has 0 fully saturated rings. The van der Waals surface area contributed by atoms with Gasteiger partial charge in [-0.1, -0.05) is 0 Å². The summed E-state index contributed by atoms with van der Waals surface area (Å²) >= 11 is 0. The number of nitrogens with zero attached hydrogens (tertiary/aromatic N) is 1. The van der Waals surface area contributed by atoms with E-state index in [1.165, 1.54) is 0 Å². The van der Waals surface area contributed by atoms with Crippen LogP contribution < -0.4 is 11.5 Å². The zero-order chi connectivity index (χ0) is 12.0. The molecule has 0 unspecified atom stereocenters. The van der Waals surface area contributed by atoms with Crippen LogP contribution in [0.5, 0.6) is 0 Å². The van der Waals surface area contributed by atoms with Crippen molar-refractivity contribution in [2.45, 2.75) is 6.29 Å². The van der Waals surface area contributed by atoms with Crippen molar-refractivity contribution < 1.29 is 9.47 Å². The molecule has 5 heteroatoms. The van der Waals surface area contributed by atoms with Crippen molar-refractivity contribution >= 4 is 11.5 Å². The minimum absolute atomic E-state index is 0.364. The number of nitrogen functional groups attached to an aromatic ring is 1. The maximum Gasteiger partial charge on any atom is 0.176 e. The Kier molecular flexibility index (Phi) is 4.75. The van der Waals surface area contributed by atoms with Gasteiger partial charge in [0.2, 0.25) is 0 Å². The van der Waals surface area contributed by atoms with E-state index in [9.17, 15) is 0 Å². The number of methoxy groups -OCH3 is 2. The second-order valence-corrected chi connectivity index (χ2v) is 3.25. The van der Waals surface area contributed by atoms with Gasteiger partial charge in [0.05, 0.1) is 6.54 Å². The van der Waals surface area contributed by atoms with E-state index in [1.807, 2.05) is 12.1 Å². The number of rotatable bonds is 5. The van der Waals surface area contributed by atoms with Crippen LogP contribution >= 0.6 is 0 Å². The first-order chi connectivity index (χ1) is 7.67. The highest BCUT2D eigenvalue weighted by atomic mass is 16.7. The summed E-state index contributed by atoms with van der Waals surface area (Å²) in [6.45, 7) is 0.364. The number of aliphatic imine (C=N–C) groups is 1. The monoisotopic (exact) mass is 223 g/mol. The Morgan fingerprint density at radius 1 is 1.25 bits per heavy atom. The standard InChI is InChI=1S/C11H17N3O2/c1-15-10(16-2)7-14-11(13)8-3-5-9(12)6-4-8/h3-6,10H,7,12H2,1-2H3,(H2,13,14). The number of anilines is 1. The molecule has 1 aromatic carbocycles. The van der Waals surface area contributed by atoms with E-state index in [0.717, 1.165) is 5.56 Å². The predicted octanol–water partition coefficient (Wildman–Crippen LogP) is 0.593. The molecule has 0 saturated carbocycles. The maximum atomic E-state index is 5.80. The van der Waals surface area contributed by atoms with Crippen LogP contribution in [0.15, 0.2) is 29.3 Å². The summed E-state index contributed by atoms with van der Waals surface area (Å²) in [6, 6.07) is 7.20. The lowest BCUT2D eigenvalue weighted by Gasteiger charge is -2.10. The van der Waals surface area contributed by atoms with Gasteiger partial charge >= 0.3 is 0 Å². The van der Waals surface area contributed by atoms with E-state index >= 15 is 0 Å². The summed E-state index contributed by atoms with van der Waals surface area (Å²) in [5, 5.41) is 0. The fourth-order valence-corrected chi connectivity index (χ4v) is 1.16. The highest BCUT2D eigenvalue weighted by Crippen LogP contribution is 2.05. The van der Waals surface area contributed by atoms with Crippen LogP contribution in [0, 0.1) is 0 Å². The number of hydrogen-bond donors (Lipinski definition) is 2. The molecule has 0 spiro atoms. The van der Waals surface area contributed by atoms with Crippen LogP contribution in [0.4, 0.5) is 5.69 Å². The lowest BCUT2D eigenvalue weighted by Crippen LogP contribution is -2.21. The van der Waals surface area contributed by atoms with Crippen molar-refractivity contribution in [1.29, 1.82) is 0 Å². The summed E-state index contributed by atoms with van der Waals surface area (Å²) in [7, 11) is 3.12. The first kappa shape index (κ1) is 12.5. The predicted molar refractivity (Wildman–Crippen MR) is 64.3 cm³/mol. The second kappa shape index (κ2) is 6.09. The summed E-state index contributed by atoms with van der Waals surface area (Å²) in [5.74, 6) is 0.444. The molecular weight excluding hydrogens is 206 g/mol. The number of nitrogens with two attached hydrogens (primary N) is 2. The van der Waals surface area contributed by atoms with Crippen molar-refractivity contribution in [3.63, 3.8) is 0 Å². The third-order valence-electron chi connectivity index (χ3n) is 2.14. The third-order valence-corrected chi connectivity index (χ3v) is 2.14. The fourth-order valence-electron chi connectivity index (χ4n) is 1.16. The third kappa shape index (κ3) is 3.52. The number of ether oxygens (including phenoxy) is 2. The molecule has 16 heavy (non-hydrogen) atoms. The fraction of sp³-hybridized carbons (Fsp3) is 0.364. The molecule has 0 radical (unpaired) electrons. The molecule has 4 N–H and O–H groups in total. The van der Waals surface area contributed by atoms with Crippen LogP contribution in [-0.2, 0) is 9.47 Å². The molecule has 1 aromatic rings. The highest BCUT2D eigenvalue weighted by Gasteiger charge is 2.04. The number of benzene rings is 1. The molecule has 0 atom stereocenters. The summed E-state index contributed by atoms with van der Waals surface area (Å²) in [6.07, 6.45) is -0.368. The molecule has 88 valence electrons. The Hall–Kier alpha value is -1.59. The SMILES string of the molecule is COC(CN=C(N)c1ccc(N)cc1)OC. The van der Waals surface area contributed by atoms with Gasteiger partial charge in [-0.05, 0) is 24.3 Å². The van der Waals surface area contributed by atoms with Crippen LogP contribution in [0.3, 0.4) is 0 Å². The van der Waals surface area contributed by atoms with E-state index in [4.69, 9.17) is 20.9 Å². The maximum absolute atomic E-state index is 5.80. The molecule has 0 amide bonds. The van der Waals surface area contributed by atoms with E-state index in [2.05, 4.69) is 4.99 Å². The van der Waals surface area contributed by atoms with Gasteiger partial charge in [0.15, 0.2) is 6.29 Å². The van der Waals surface area contributed by atoms with Gasteiger partial charge in [-0.3, -0.25) is 4.99 Å². The van der Waals surface area contributed by atoms with Crippen LogP contribution in [0.1, 0.15) is 5.56 Å². The minimum atomic E-state index is -0.368. The Morgan fingerprint density at radius 3 is 2.31 bits per heavy atom. The van der Waals surface area contributed by atoms with Crippen molar-refractivity contribution in [3.05, 3.63) is 29.8 Å². The van der Waals surface area contributed by atoms with Gasteiger partial charge in [-0.25, -0.2) is 0 Å². The average Bonchev–Trinajstić information content (AvgIpc) is 2.31. The summed E-state index contributed by atoms with van der Waals surface area (Å²) in [4.78, 5) is 4.17. The van der Waals surface area contributed by atoms with Gasteiger partial charge in [-0.15, -0.1) is 0 Å². The smallest absolute Gasteiger partial charge is 0.176 e. The van der Waals surface area contributed by atoms with Crippen molar-refractivity contribution in [2.24, 2.45) is 10.7 Å². The lowest BCUT2D eigenvalue weighted by atomic mass is 10.2. The topological polar surface area (TPSA) is 82.9 Å². The summed E-state index contributed by atoms with van der Waals surface area (Å²) in [5.41, 5.74) is 12.9. The van der Waals surface area contributed by atoms with E-state index in [-0.39, 0.29) is 6.29 Å². The number of hydrogen-bond acceptors (Lipinski definition) is 4. The molecule has 5 nitrogen and oxygen atoms in total. The second-order valence-electron chi connectivity index (χ2n) is 3.25. The molecular formula is C11H17N3O2. The van der Waals surface area contributed by atoms with Gasteiger partial charge < -0.3 is 20.9 Å². The van der Waals surface area contributed by atoms with E-state index < -0.39 is 0 Å². The van der Waals surface area contributed by atoms with Gasteiger partial charge in [0.1, 0.15) is 5.84 Å². The van der Waals surface area contributed by atoms with Crippen molar-refractivity contribution in [3.8, 4) is 0 Å². The van der Waals surface area contributed by atoms with Crippen LogP contribution in [-0.4, -0.2) is 32.9 Å². The van der Waals surface area contributed by atoms with E-state index in [1.54, 1.807) is 26.4 Å². The molecule has 0 aliphatic carbocycles. The highest BCUT2D eigenvalue weighted by molar-refractivity contribution is 5.97. The Morgan fingerprint density at radius 2 is 1.81 bits per heavy atom. The zero-order valence-corrected chi connectivity index (χ0v) is 9.51. The molecule has 1 rings (SSSR count). The first-order valence-corrected chi connectivity index (χ1v) is 4.88. The first-order valence-electron chi connectivity index (χ1n) is 4.88.